The van der Waals surface area contributed by atoms with Crippen LogP contribution in [0.2, 0.25) is 0 Å². The van der Waals surface area contributed by atoms with E-state index in [1.807, 2.05) is 13.8 Å². The standard InChI is InChI=1S/C6H14NO.Y/c1-6(2)8-5-4-7-3;/h6H,4-5H2,1-3H3;/q-1;. The van der Waals surface area contributed by atoms with Crippen molar-refractivity contribution < 1.29 is 37.4 Å². The van der Waals surface area contributed by atoms with E-state index in [1.165, 1.54) is 0 Å². The van der Waals surface area contributed by atoms with E-state index in [4.69, 9.17) is 4.74 Å². The Morgan fingerprint density at radius 1 is 1.44 bits per heavy atom. The summed E-state index contributed by atoms with van der Waals surface area (Å²) < 4.78 is 5.19. The summed E-state index contributed by atoms with van der Waals surface area (Å²) in [7, 11) is 1.80. The van der Waals surface area contributed by atoms with Gasteiger partial charge in [0, 0.05) is 39.3 Å². The Balaban J connectivity index is 0. The van der Waals surface area contributed by atoms with E-state index in [1.54, 1.807) is 7.05 Å². The maximum atomic E-state index is 5.19. The molecule has 0 bridgehead atoms. The molecule has 9 heavy (non-hydrogen) atoms. The van der Waals surface area contributed by atoms with Crippen molar-refractivity contribution in [3.05, 3.63) is 5.32 Å². The van der Waals surface area contributed by atoms with Gasteiger partial charge >= 0.3 is 0 Å². The quantitative estimate of drug-likeness (QED) is 0.636. The molecule has 0 amide bonds. The molecule has 0 saturated carbocycles. The van der Waals surface area contributed by atoms with Crippen LogP contribution in [-0.4, -0.2) is 26.3 Å². The van der Waals surface area contributed by atoms with Gasteiger partial charge in [0.1, 0.15) is 0 Å². The van der Waals surface area contributed by atoms with Crippen molar-refractivity contribution in [2.45, 2.75) is 20.0 Å². The molecule has 0 rings (SSSR count). The zero-order valence-electron chi connectivity index (χ0n) is 6.42. The van der Waals surface area contributed by atoms with E-state index in [-0.39, 0.29) is 32.7 Å². The summed E-state index contributed by atoms with van der Waals surface area (Å²) in [6.45, 7) is 5.62. The van der Waals surface area contributed by atoms with Crippen molar-refractivity contribution >= 4 is 0 Å². The molecule has 0 heterocycles. The van der Waals surface area contributed by atoms with E-state index in [9.17, 15) is 0 Å². The molecular weight excluding hydrogens is 191 g/mol. The Labute approximate surface area is 82.6 Å². The molecular formula is C6H14NOY-. The summed E-state index contributed by atoms with van der Waals surface area (Å²) >= 11 is 0. The van der Waals surface area contributed by atoms with Crippen LogP contribution in [0.3, 0.4) is 0 Å². The van der Waals surface area contributed by atoms with E-state index in [0.717, 1.165) is 13.2 Å². The first-order chi connectivity index (χ1) is 3.77. The molecule has 0 fully saturated rings. The van der Waals surface area contributed by atoms with Crippen molar-refractivity contribution in [3.63, 3.8) is 0 Å². The normalized spacial score (nSPS) is 9.33. The third kappa shape index (κ3) is 12.3. The zero-order valence-corrected chi connectivity index (χ0v) is 9.26. The molecule has 0 aliphatic rings. The van der Waals surface area contributed by atoms with Crippen LogP contribution in [0.5, 0.6) is 0 Å². The van der Waals surface area contributed by atoms with Gasteiger partial charge < -0.3 is 10.1 Å². The van der Waals surface area contributed by atoms with Crippen LogP contribution >= 0.6 is 0 Å². The van der Waals surface area contributed by atoms with Crippen LogP contribution in [0.15, 0.2) is 0 Å². The van der Waals surface area contributed by atoms with Gasteiger partial charge in [-0.2, -0.15) is 7.05 Å². The Kier molecular flexibility index (Phi) is 12.7. The minimum atomic E-state index is 0. The molecule has 0 spiro atoms. The first-order valence-electron chi connectivity index (χ1n) is 2.94. The Hall–Kier alpha value is 1.02. The molecule has 0 unspecified atom stereocenters. The molecule has 0 aliphatic carbocycles. The monoisotopic (exact) mass is 205 g/mol. The largest absolute Gasteiger partial charge is 0.663 e. The van der Waals surface area contributed by atoms with Crippen molar-refractivity contribution in [1.29, 1.82) is 0 Å². The summed E-state index contributed by atoms with van der Waals surface area (Å²) in [5.41, 5.74) is 0. The van der Waals surface area contributed by atoms with Crippen molar-refractivity contribution in [1.82, 2.24) is 0 Å². The van der Waals surface area contributed by atoms with Gasteiger partial charge in [0.2, 0.25) is 0 Å². The molecule has 0 saturated heterocycles. The summed E-state index contributed by atoms with van der Waals surface area (Å²) in [5.74, 6) is 0. The average molecular weight is 205 g/mol. The predicted molar refractivity (Wildman–Crippen MR) is 35.2 cm³/mol. The zero-order chi connectivity index (χ0) is 6.41. The van der Waals surface area contributed by atoms with Gasteiger partial charge in [0.05, 0.1) is 6.10 Å². The fraction of sp³-hybridized carbons (Fsp3) is 1.00. The van der Waals surface area contributed by atoms with Gasteiger partial charge in [0.15, 0.2) is 0 Å². The van der Waals surface area contributed by atoms with Crippen molar-refractivity contribution in [2.24, 2.45) is 0 Å². The van der Waals surface area contributed by atoms with Crippen LogP contribution < -0.4 is 0 Å². The van der Waals surface area contributed by atoms with E-state index in [2.05, 4.69) is 5.32 Å². The Morgan fingerprint density at radius 2 is 2.00 bits per heavy atom. The molecule has 0 aromatic carbocycles. The molecule has 0 aromatic rings. The predicted octanol–water partition coefficient (Wildman–Crippen LogP) is 1.41. The van der Waals surface area contributed by atoms with Gasteiger partial charge in [0.25, 0.3) is 0 Å². The maximum Gasteiger partial charge on any atom is 0.0517 e. The molecule has 0 aromatic heterocycles. The minimum Gasteiger partial charge on any atom is -0.663 e. The van der Waals surface area contributed by atoms with Crippen LogP contribution in [0.1, 0.15) is 13.8 Å². The second kappa shape index (κ2) is 9.02. The first kappa shape index (κ1) is 12.7. The number of rotatable bonds is 4. The molecule has 0 aliphatic heterocycles. The maximum absolute atomic E-state index is 5.19. The van der Waals surface area contributed by atoms with Gasteiger partial charge in [-0.05, 0) is 13.8 Å². The number of ether oxygens (including phenoxy) is 1. The summed E-state index contributed by atoms with van der Waals surface area (Å²) in [4.78, 5) is 0. The van der Waals surface area contributed by atoms with Crippen molar-refractivity contribution in [3.8, 4) is 0 Å². The Morgan fingerprint density at radius 3 is 2.33 bits per heavy atom. The fourth-order valence-electron chi connectivity index (χ4n) is 0.380. The van der Waals surface area contributed by atoms with Crippen LogP contribution in [0.25, 0.3) is 5.32 Å². The SMILES string of the molecule is C[N-]CCOC(C)C.[Y]. The fourth-order valence-corrected chi connectivity index (χ4v) is 0.380. The van der Waals surface area contributed by atoms with Gasteiger partial charge in [-0.1, -0.05) is 0 Å². The number of hydrogen-bond donors (Lipinski definition) is 0. The summed E-state index contributed by atoms with van der Waals surface area (Å²) in [6.07, 6.45) is 0.344. The van der Waals surface area contributed by atoms with E-state index >= 15 is 0 Å². The topological polar surface area (TPSA) is 23.3 Å². The van der Waals surface area contributed by atoms with E-state index in [0.29, 0.717) is 6.10 Å². The third-order valence-electron chi connectivity index (χ3n) is 0.766. The molecule has 2 nitrogen and oxygen atoms in total. The number of likely N-dealkylation sites (N-methyl/N-ethyl adjacent to an activating group) is 1. The van der Waals surface area contributed by atoms with Crippen LogP contribution in [-0.2, 0) is 37.4 Å². The summed E-state index contributed by atoms with van der Waals surface area (Å²) in [5, 5.41) is 3.88. The molecule has 3 heteroatoms. The van der Waals surface area contributed by atoms with Crippen LogP contribution in [0.4, 0.5) is 0 Å². The minimum absolute atomic E-state index is 0. The smallest absolute Gasteiger partial charge is 0.0517 e. The van der Waals surface area contributed by atoms with Gasteiger partial charge in [-0.3, -0.25) is 0 Å². The van der Waals surface area contributed by atoms with E-state index < -0.39 is 0 Å². The molecule has 53 valence electrons. The molecule has 0 atom stereocenters. The Bertz CT molecular complexity index is 50.3. The second-order valence-electron chi connectivity index (χ2n) is 1.96. The number of hydrogen-bond acceptors (Lipinski definition) is 1. The summed E-state index contributed by atoms with van der Waals surface area (Å²) in [6, 6.07) is 0. The molecule has 0 N–H and O–H groups in total. The number of nitrogens with zero attached hydrogens (tertiary/aromatic N) is 1. The van der Waals surface area contributed by atoms with Crippen molar-refractivity contribution in [2.75, 3.05) is 20.2 Å². The second-order valence-corrected chi connectivity index (χ2v) is 1.96. The average Bonchev–Trinajstić information content (AvgIpc) is 1.66. The van der Waals surface area contributed by atoms with Crippen LogP contribution in [0, 0.1) is 0 Å². The third-order valence-corrected chi connectivity index (χ3v) is 0.766. The van der Waals surface area contributed by atoms with Gasteiger partial charge in [-0.15, -0.1) is 6.54 Å². The molecule has 1 radical (unpaired) electrons. The first-order valence-corrected chi connectivity index (χ1v) is 2.94. The van der Waals surface area contributed by atoms with Gasteiger partial charge in [-0.25, -0.2) is 0 Å².